The Bertz CT molecular complexity index is 392. The summed E-state index contributed by atoms with van der Waals surface area (Å²) in [6, 6.07) is 0.528. The molecule has 0 bridgehead atoms. The van der Waals surface area contributed by atoms with Crippen LogP contribution in [0, 0.1) is 0 Å². The van der Waals surface area contributed by atoms with E-state index in [9.17, 15) is 0 Å². The average molecular weight is 247 g/mol. The number of nitrogens with zero attached hydrogens (tertiary/aromatic N) is 2. The lowest BCUT2D eigenvalue weighted by Crippen LogP contribution is -2.32. The van der Waals surface area contributed by atoms with Crippen molar-refractivity contribution in [3.05, 3.63) is 29.9 Å². The average Bonchev–Trinajstić information content (AvgIpc) is 2.77. The maximum atomic E-state index is 4.43. The van der Waals surface area contributed by atoms with E-state index in [4.69, 9.17) is 0 Å². The van der Waals surface area contributed by atoms with E-state index in [0.29, 0.717) is 6.04 Å². The largest absolute Gasteiger partial charge is 0.338 e. The van der Waals surface area contributed by atoms with Crippen LogP contribution in [0.1, 0.15) is 44.9 Å². The summed E-state index contributed by atoms with van der Waals surface area (Å²) in [6.45, 7) is 3.21. The number of nitrogens with one attached hydrogen (secondary N) is 1. The first-order valence-electron chi connectivity index (χ1n) is 7.17. The Morgan fingerprint density at radius 3 is 2.89 bits per heavy atom. The van der Waals surface area contributed by atoms with Crippen LogP contribution in [0.4, 0.5) is 0 Å². The quantitative estimate of drug-likeness (QED) is 0.783. The SMILES string of the molecule is CCNC(CC1=CCCCC1)Cc1nccn1C. The maximum Gasteiger partial charge on any atom is 0.109 e. The summed E-state index contributed by atoms with van der Waals surface area (Å²) >= 11 is 0. The topological polar surface area (TPSA) is 29.9 Å². The number of hydrogen-bond donors (Lipinski definition) is 1. The Hall–Kier alpha value is -1.09. The van der Waals surface area contributed by atoms with Crippen molar-refractivity contribution in [2.24, 2.45) is 7.05 Å². The summed E-state index contributed by atoms with van der Waals surface area (Å²) in [4.78, 5) is 4.43. The van der Waals surface area contributed by atoms with Gasteiger partial charge in [-0.1, -0.05) is 18.6 Å². The van der Waals surface area contributed by atoms with Gasteiger partial charge in [-0.2, -0.15) is 0 Å². The molecule has 1 atom stereocenters. The van der Waals surface area contributed by atoms with Crippen molar-refractivity contribution in [1.82, 2.24) is 14.9 Å². The number of imidazole rings is 1. The van der Waals surface area contributed by atoms with Crippen molar-refractivity contribution in [3.8, 4) is 0 Å². The third-order valence-electron chi connectivity index (χ3n) is 3.74. The minimum atomic E-state index is 0.528. The molecule has 1 N–H and O–H groups in total. The second kappa shape index (κ2) is 6.74. The first-order valence-corrected chi connectivity index (χ1v) is 7.17. The van der Waals surface area contributed by atoms with Gasteiger partial charge >= 0.3 is 0 Å². The molecular formula is C15H25N3. The molecule has 1 aromatic rings. The second-order valence-electron chi connectivity index (χ2n) is 5.23. The molecule has 0 aromatic carbocycles. The van der Waals surface area contributed by atoms with Gasteiger partial charge in [0.2, 0.25) is 0 Å². The lowest BCUT2D eigenvalue weighted by Gasteiger charge is -2.21. The molecule has 1 aliphatic carbocycles. The molecule has 0 saturated heterocycles. The van der Waals surface area contributed by atoms with E-state index in [-0.39, 0.29) is 0 Å². The van der Waals surface area contributed by atoms with Crippen molar-refractivity contribution in [3.63, 3.8) is 0 Å². The van der Waals surface area contributed by atoms with Gasteiger partial charge in [0, 0.05) is 31.9 Å². The summed E-state index contributed by atoms with van der Waals surface area (Å²) in [5.41, 5.74) is 1.64. The molecule has 3 heteroatoms. The Labute approximate surface area is 110 Å². The highest BCUT2D eigenvalue weighted by Crippen LogP contribution is 2.22. The molecule has 18 heavy (non-hydrogen) atoms. The van der Waals surface area contributed by atoms with Gasteiger partial charge in [-0.15, -0.1) is 0 Å². The molecule has 0 radical (unpaired) electrons. The Morgan fingerprint density at radius 1 is 1.39 bits per heavy atom. The van der Waals surface area contributed by atoms with E-state index in [1.807, 2.05) is 12.4 Å². The molecule has 100 valence electrons. The fraction of sp³-hybridized carbons (Fsp3) is 0.667. The molecule has 0 aliphatic heterocycles. The van der Waals surface area contributed by atoms with Crippen LogP contribution in [0.2, 0.25) is 0 Å². The molecule has 1 aromatic heterocycles. The fourth-order valence-corrected chi connectivity index (χ4v) is 2.73. The van der Waals surface area contributed by atoms with E-state index in [1.54, 1.807) is 5.57 Å². The summed E-state index contributed by atoms with van der Waals surface area (Å²) < 4.78 is 2.12. The monoisotopic (exact) mass is 247 g/mol. The molecule has 0 amide bonds. The number of hydrogen-bond acceptors (Lipinski definition) is 2. The number of aryl methyl sites for hydroxylation is 1. The van der Waals surface area contributed by atoms with Crippen molar-refractivity contribution >= 4 is 0 Å². The van der Waals surface area contributed by atoms with E-state index < -0.39 is 0 Å². The van der Waals surface area contributed by atoms with Gasteiger partial charge in [-0.05, 0) is 38.6 Å². The lowest BCUT2D eigenvalue weighted by molar-refractivity contribution is 0.489. The third-order valence-corrected chi connectivity index (χ3v) is 3.74. The van der Waals surface area contributed by atoms with Crippen LogP contribution in [0.3, 0.4) is 0 Å². The Kier molecular flexibility index (Phi) is 5.00. The summed E-state index contributed by atoms with van der Waals surface area (Å²) in [5, 5.41) is 3.60. The van der Waals surface area contributed by atoms with Crippen LogP contribution < -0.4 is 5.32 Å². The molecule has 3 nitrogen and oxygen atoms in total. The van der Waals surface area contributed by atoms with Crippen LogP contribution in [0.25, 0.3) is 0 Å². The van der Waals surface area contributed by atoms with Crippen molar-refractivity contribution in [2.45, 2.75) is 51.5 Å². The van der Waals surface area contributed by atoms with Crippen LogP contribution in [-0.2, 0) is 13.5 Å². The van der Waals surface area contributed by atoms with Gasteiger partial charge in [0.15, 0.2) is 0 Å². The highest BCUT2D eigenvalue weighted by atomic mass is 15.0. The zero-order valence-electron chi connectivity index (χ0n) is 11.7. The van der Waals surface area contributed by atoms with Crippen molar-refractivity contribution in [2.75, 3.05) is 6.54 Å². The maximum absolute atomic E-state index is 4.43. The minimum Gasteiger partial charge on any atom is -0.338 e. The summed E-state index contributed by atoms with van der Waals surface area (Å²) in [6.07, 6.45) is 13.9. The van der Waals surface area contributed by atoms with Crippen LogP contribution in [0.5, 0.6) is 0 Å². The van der Waals surface area contributed by atoms with Gasteiger partial charge in [0.1, 0.15) is 5.82 Å². The van der Waals surface area contributed by atoms with Gasteiger partial charge in [-0.3, -0.25) is 0 Å². The standard InChI is InChI=1S/C15H25N3/c1-3-16-14(11-13-7-5-4-6-8-13)12-15-17-9-10-18(15)2/h7,9-10,14,16H,3-6,8,11-12H2,1-2H3. The second-order valence-corrected chi connectivity index (χ2v) is 5.23. The highest BCUT2D eigenvalue weighted by Gasteiger charge is 2.14. The number of aromatic nitrogens is 2. The number of likely N-dealkylation sites (N-methyl/N-ethyl adjacent to an activating group) is 1. The zero-order valence-corrected chi connectivity index (χ0v) is 11.7. The first kappa shape index (κ1) is 13.3. The third kappa shape index (κ3) is 3.70. The normalized spacial score (nSPS) is 17.6. The molecule has 0 fully saturated rings. The van der Waals surface area contributed by atoms with E-state index >= 15 is 0 Å². The van der Waals surface area contributed by atoms with Crippen molar-refractivity contribution < 1.29 is 0 Å². The van der Waals surface area contributed by atoms with Gasteiger partial charge in [-0.25, -0.2) is 4.98 Å². The van der Waals surface area contributed by atoms with Gasteiger partial charge in [0.05, 0.1) is 0 Å². The molecule has 1 aliphatic rings. The zero-order chi connectivity index (χ0) is 12.8. The molecule has 0 saturated carbocycles. The molecule has 2 rings (SSSR count). The highest BCUT2D eigenvalue weighted by molar-refractivity contribution is 5.08. The predicted molar refractivity (Wildman–Crippen MR) is 75.5 cm³/mol. The van der Waals surface area contributed by atoms with Gasteiger partial charge in [0.25, 0.3) is 0 Å². The van der Waals surface area contributed by atoms with Crippen LogP contribution in [0.15, 0.2) is 24.0 Å². The lowest BCUT2D eigenvalue weighted by atomic mass is 9.93. The molecule has 0 spiro atoms. The summed E-state index contributed by atoms with van der Waals surface area (Å²) in [5.74, 6) is 1.18. The summed E-state index contributed by atoms with van der Waals surface area (Å²) in [7, 11) is 2.07. The van der Waals surface area contributed by atoms with Crippen molar-refractivity contribution in [1.29, 1.82) is 0 Å². The van der Waals surface area contributed by atoms with Crippen LogP contribution in [-0.4, -0.2) is 22.1 Å². The molecular weight excluding hydrogens is 222 g/mol. The Balaban J connectivity index is 1.95. The minimum absolute atomic E-state index is 0.528. The smallest absolute Gasteiger partial charge is 0.109 e. The van der Waals surface area contributed by atoms with E-state index in [0.717, 1.165) is 13.0 Å². The van der Waals surface area contributed by atoms with E-state index in [2.05, 4.69) is 34.9 Å². The first-order chi connectivity index (χ1) is 8.79. The Morgan fingerprint density at radius 2 is 2.28 bits per heavy atom. The fourth-order valence-electron chi connectivity index (χ4n) is 2.73. The van der Waals surface area contributed by atoms with Crippen LogP contribution >= 0.6 is 0 Å². The number of allylic oxidation sites excluding steroid dienone is 1. The van der Waals surface area contributed by atoms with Gasteiger partial charge < -0.3 is 9.88 Å². The van der Waals surface area contributed by atoms with E-state index in [1.165, 1.54) is 37.9 Å². The molecule has 1 heterocycles. The molecule has 1 unspecified atom stereocenters. The number of rotatable bonds is 6. The predicted octanol–water partition coefficient (Wildman–Crippen LogP) is 2.83.